The minimum absolute atomic E-state index is 0. The van der Waals surface area contributed by atoms with Gasteiger partial charge in [0.15, 0.2) is 0 Å². The molecule has 4 aliphatic carbocycles. The summed E-state index contributed by atoms with van der Waals surface area (Å²) in [6, 6.07) is 0. The Morgan fingerprint density at radius 1 is 1.02 bits per heavy atom. The van der Waals surface area contributed by atoms with Gasteiger partial charge in [0.2, 0.25) is 20.8 Å². The van der Waals surface area contributed by atoms with Gasteiger partial charge < -0.3 is 13.8 Å². The minimum atomic E-state index is -5.00. The maximum Gasteiger partial charge on any atom is 1.00 e. The van der Waals surface area contributed by atoms with Gasteiger partial charge in [-0.2, -0.15) is 0 Å². The summed E-state index contributed by atoms with van der Waals surface area (Å²) in [6.45, 7) is 9.62. The summed E-state index contributed by atoms with van der Waals surface area (Å²) >= 11 is 0. The summed E-state index contributed by atoms with van der Waals surface area (Å²) in [4.78, 5) is 11.7. The SMILES string of the molecule is CC(=O)O[C@H]1CC2=CC[C@H]3[C@@H]4CC[C@H]([C@@H](CCC=C(C)C)COS(=O)(=O)[O-])[C@@]4(C)CC[C@@H]3[C@@]2(C)C[C@@H]1OS(=O)(=O)[O-].[Na+].[Na+]. The number of carbonyl (C=O) groups is 1. The van der Waals surface area contributed by atoms with E-state index < -0.39 is 44.4 Å². The molecular formula is C29H44Na2O10S2. The van der Waals surface area contributed by atoms with Gasteiger partial charge in [0.1, 0.15) is 12.2 Å². The Bertz CT molecular complexity index is 1280. The van der Waals surface area contributed by atoms with E-state index in [1.54, 1.807) is 0 Å². The molecule has 10 nitrogen and oxygen atoms in total. The van der Waals surface area contributed by atoms with E-state index in [0.29, 0.717) is 18.3 Å². The van der Waals surface area contributed by atoms with Gasteiger partial charge in [-0.1, -0.05) is 37.1 Å². The van der Waals surface area contributed by atoms with E-state index in [-0.39, 0.29) is 95.3 Å². The largest absolute Gasteiger partial charge is 1.00 e. The van der Waals surface area contributed by atoms with Gasteiger partial charge >= 0.3 is 65.1 Å². The van der Waals surface area contributed by atoms with Gasteiger partial charge in [0.05, 0.1) is 6.61 Å². The molecule has 0 aliphatic heterocycles. The fourth-order valence-corrected chi connectivity index (χ4v) is 10.0. The van der Waals surface area contributed by atoms with Crippen LogP contribution >= 0.6 is 0 Å². The van der Waals surface area contributed by atoms with Gasteiger partial charge in [0.25, 0.3) is 0 Å². The first-order valence-corrected chi connectivity index (χ1v) is 17.3. The van der Waals surface area contributed by atoms with E-state index >= 15 is 0 Å². The van der Waals surface area contributed by atoms with Crippen molar-refractivity contribution in [3.8, 4) is 0 Å². The third-order valence-electron chi connectivity index (χ3n) is 10.8. The molecule has 0 N–H and O–H groups in total. The molecule has 0 aromatic heterocycles. The van der Waals surface area contributed by atoms with Crippen molar-refractivity contribution < 1.29 is 103 Å². The van der Waals surface area contributed by atoms with Gasteiger partial charge in [0, 0.05) is 13.3 Å². The van der Waals surface area contributed by atoms with Gasteiger partial charge in [-0.3, -0.25) is 13.2 Å². The predicted molar refractivity (Wildman–Crippen MR) is 149 cm³/mol. The third kappa shape index (κ3) is 9.41. The molecular weight excluding hydrogens is 618 g/mol. The topological polar surface area (TPSA) is 159 Å². The second kappa shape index (κ2) is 15.3. The van der Waals surface area contributed by atoms with E-state index in [1.807, 2.05) is 13.8 Å². The summed E-state index contributed by atoms with van der Waals surface area (Å²) in [5.74, 6) is 0.517. The molecule has 3 saturated carbocycles. The number of rotatable bonds is 10. The zero-order valence-electron chi connectivity index (χ0n) is 26.7. The molecule has 43 heavy (non-hydrogen) atoms. The Morgan fingerprint density at radius 2 is 1.70 bits per heavy atom. The van der Waals surface area contributed by atoms with E-state index in [2.05, 4.69) is 26.0 Å². The molecule has 0 spiro atoms. The van der Waals surface area contributed by atoms with Crippen molar-refractivity contribution in [2.75, 3.05) is 6.61 Å². The fourth-order valence-electron chi connectivity index (χ4n) is 9.20. The normalized spacial score (nSPS) is 35.9. The molecule has 234 valence electrons. The number of ether oxygens (including phenoxy) is 1. The number of carbonyl (C=O) groups excluding carboxylic acids is 1. The van der Waals surface area contributed by atoms with Crippen LogP contribution in [0.4, 0.5) is 0 Å². The Morgan fingerprint density at radius 3 is 2.28 bits per heavy atom. The second-order valence-electron chi connectivity index (χ2n) is 13.4. The Balaban J connectivity index is 0.00000323. The monoisotopic (exact) mass is 662 g/mol. The Kier molecular flexibility index (Phi) is 14.2. The molecule has 0 amide bonds. The third-order valence-corrected chi connectivity index (χ3v) is 11.7. The minimum Gasteiger partial charge on any atom is -0.726 e. The van der Waals surface area contributed by atoms with E-state index in [0.717, 1.165) is 50.5 Å². The standard InChI is InChI=1S/C29H46O10S2.2Na/c1-18(2)7-6-8-20(17-37-40(31,32)33)23-11-12-24-22-10-9-21-15-26(38-19(3)30)27(39-41(34,35)36)16-29(21,5)25(22)13-14-28(23,24)4;;/h7,9,20,22-27H,6,8,10-17H2,1-5H3,(H,31,32,33)(H,34,35,36);;/q;2*+1/p-2/t20-,22-,23+,24-,25-,26-,27-,28+,29-;;/m0../s1. The van der Waals surface area contributed by atoms with Gasteiger partial charge in [-0.15, -0.1) is 0 Å². The van der Waals surface area contributed by atoms with Crippen LogP contribution in [0.15, 0.2) is 23.3 Å². The first-order chi connectivity index (χ1) is 18.9. The van der Waals surface area contributed by atoms with Crippen LogP contribution in [0.2, 0.25) is 0 Å². The fraction of sp³-hybridized carbons (Fsp3) is 0.828. The molecule has 9 atom stereocenters. The number of fused-ring (bicyclic) bond motifs is 5. The average Bonchev–Trinajstić information content (AvgIpc) is 3.17. The summed E-state index contributed by atoms with van der Waals surface area (Å²) in [6.07, 6.45) is 9.16. The van der Waals surface area contributed by atoms with Crippen LogP contribution < -0.4 is 59.1 Å². The number of esters is 1. The number of hydrogen-bond acceptors (Lipinski definition) is 10. The van der Waals surface area contributed by atoms with E-state index in [9.17, 15) is 30.7 Å². The van der Waals surface area contributed by atoms with Crippen molar-refractivity contribution in [3.63, 3.8) is 0 Å². The average molecular weight is 663 g/mol. The summed E-state index contributed by atoms with van der Waals surface area (Å²) in [7, 11) is -9.79. The van der Waals surface area contributed by atoms with E-state index in [1.165, 1.54) is 12.5 Å². The summed E-state index contributed by atoms with van der Waals surface area (Å²) in [5.41, 5.74) is 1.85. The molecule has 14 heteroatoms. The zero-order chi connectivity index (χ0) is 30.4. The van der Waals surface area contributed by atoms with Crippen LogP contribution in [0.5, 0.6) is 0 Å². The quantitative estimate of drug-likeness (QED) is 0.0915. The maximum absolute atomic E-state index is 11.7. The van der Waals surface area contributed by atoms with Crippen LogP contribution in [-0.4, -0.2) is 50.7 Å². The summed E-state index contributed by atoms with van der Waals surface area (Å²) < 4.78 is 84.1. The first-order valence-electron chi connectivity index (χ1n) is 14.7. The van der Waals surface area contributed by atoms with Crippen molar-refractivity contribution in [1.82, 2.24) is 0 Å². The van der Waals surface area contributed by atoms with E-state index in [4.69, 9.17) is 13.1 Å². The smallest absolute Gasteiger partial charge is 0.726 e. The second-order valence-corrected chi connectivity index (χ2v) is 15.5. The van der Waals surface area contributed by atoms with Crippen molar-refractivity contribution in [3.05, 3.63) is 23.3 Å². The van der Waals surface area contributed by atoms with Gasteiger partial charge in [-0.25, -0.2) is 16.8 Å². The molecule has 0 bridgehead atoms. The molecule has 0 unspecified atom stereocenters. The molecule has 0 radical (unpaired) electrons. The van der Waals surface area contributed by atoms with Crippen molar-refractivity contribution in [2.45, 2.75) is 105 Å². The van der Waals surface area contributed by atoms with Gasteiger partial charge in [-0.05, 0) is 106 Å². The molecule has 3 fully saturated rings. The molecule has 4 aliphatic rings. The van der Waals surface area contributed by atoms with Crippen molar-refractivity contribution in [2.24, 2.45) is 40.4 Å². The number of hydrogen-bond donors (Lipinski definition) is 0. The molecule has 0 saturated heterocycles. The van der Waals surface area contributed by atoms with Crippen LogP contribution in [0.1, 0.15) is 92.4 Å². The predicted octanol–water partition coefficient (Wildman–Crippen LogP) is -1.20. The first kappa shape index (κ1) is 39.9. The van der Waals surface area contributed by atoms with Crippen LogP contribution in [0.25, 0.3) is 0 Å². The Hall–Kier alpha value is 0.690. The number of allylic oxidation sites excluding steroid dienone is 3. The van der Waals surface area contributed by atoms with Crippen molar-refractivity contribution >= 4 is 26.8 Å². The summed E-state index contributed by atoms with van der Waals surface area (Å²) in [5, 5.41) is 0. The molecule has 0 aromatic rings. The van der Waals surface area contributed by atoms with Crippen molar-refractivity contribution in [1.29, 1.82) is 0 Å². The molecule has 0 heterocycles. The zero-order valence-corrected chi connectivity index (χ0v) is 32.3. The van der Waals surface area contributed by atoms with Crippen LogP contribution in [0, 0.1) is 40.4 Å². The Labute approximate surface area is 302 Å². The molecule has 4 rings (SSSR count). The van der Waals surface area contributed by atoms with Crippen LogP contribution in [0.3, 0.4) is 0 Å². The molecule has 0 aromatic carbocycles. The maximum atomic E-state index is 11.7. The van der Waals surface area contributed by atoms with Crippen LogP contribution in [-0.2, 0) is 38.7 Å².